The van der Waals surface area contributed by atoms with Gasteiger partial charge >= 0.3 is 0 Å². The Hall–Kier alpha value is -3.43. The summed E-state index contributed by atoms with van der Waals surface area (Å²) in [4.78, 5) is 40.5. The third kappa shape index (κ3) is 5.31. The van der Waals surface area contributed by atoms with Gasteiger partial charge in [-0.25, -0.2) is 4.68 Å². The van der Waals surface area contributed by atoms with E-state index < -0.39 is 0 Å². The highest BCUT2D eigenvalue weighted by Gasteiger charge is 2.31. The molecule has 1 saturated heterocycles. The Bertz CT molecular complexity index is 1370. The highest BCUT2D eigenvalue weighted by atomic mass is 32.2. The van der Waals surface area contributed by atoms with Crippen molar-refractivity contribution in [2.24, 2.45) is 7.05 Å². The number of carbonyl (C=O) groups excluding carboxylic acids is 2. The molecule has 1 fully saturated rings. The van der Waals surface area contributed by atoms with Crippen LogP contribution in [0.1, 0.15) is 29.7 Å². The van der Waals surface area contributed by atoms with Gasteiger partial charge in [-0.05, 0) is 44.0 Å². The lowest BCUT2D eigenvalue weighted by Crippen LogP contribution is -2.30. The Morgan fingerprint density at radius 2 is 1.74 bits per heavy atom. The van der Waals surface area contributed by atoms with Crippen LogP contribution in [-0.4, -0.2) is 36.9 Å². The van der Waals surface area contributed by atoms with E-state index in [1.54, 1.807) is 18.7 Å². The molecule has 9 heteroatoms. The molecule has 2 heterocycles. The van der Waals surface area contributed by atoms with E-state index in [0.29, 0.717) is 27.9 Å². The van der Waals surface area contributed by atoms with Gasteiger partial charge in [0.25, 0.3) is 11.5 Å². The molecule has 1 aliphatic heterocycles. The van der Waals surface area contributed by atoms with E-state index in [9.17, 15) is 14.4 Å². The number of benzene rings is 2. The zero-order valence-electron chi connectivity index (χ0n) is 19.8. The summed E-state index contributed by atoms with van der Waals surface area (Å²) < 4.78 is 3.72. The average Bonchev–Trinajstić information content (AvgIpc) is 3.22. The smallest absolute Gasteiger partial charge is 0.295 e. The van der Waals surface area contributed by atoms with Crippen LogP contribution in [0.5, 0.6) is 0 Å². The maximum Gasteiger partial charge on any atom is 0.295 e. The first-order chi connectivity index (χ1) is 16.8. The van der Waals surface area contributed by atoms with E-state index in [0.717, 1.165) is 16.8 Å². The number of rotatable bonds is 7. The molecule has 180 valence electrons. The fraction of sp³-hybridized carbons (Fsp3) is 0.231. The zero-order valence-corrected chi connectivity index (χ0v) is 21.4. The van der Waals surface area contributed by atoms with Crippen molar-refractivity contribution >= 4 is 51.9 Å². The molecule has 2 aromatic carbocycles. The van der Waals surface area contributed by atoms with Crippen molar-refractivity contribution < 1.29 is 9.59 Å². The third-order valence-corrected chi connectivity index (χ3v) is 7.23. The quantitative estimate of drug-likeness (QED) is 0.379. The third-order valence-electron chi connectivity index (χ3n) is 5.85. The molecule has 0 bridgehead atoms. The van der Waals surface area contributed by atoms with Crippen LogP contribution in [0.3, 0.4) is 0 Å². The average molecular weight is 507 g/mol. The number of nitrogens with zero attached hydrogens (tertiary/aromatic N) is 3. The number of hydrogen-bond donors (Lipinski definition) is 1. The number of aryl methyl sites for hydroxylation is 1. The Kier molecular flexibility index (Phi) is 7.37. The van der Waals surface area contributed by atoms with Gasteiger partial charge in [0.15, 0.2) is 0 Å². The standard InChI is InChI=1S/C26H26N4O3S2/c1-17-11-13-19(14-12-17)16-21-24(32)29(26(34)35-21)15-7-10-22(31)27-23-18(2)28(3)30(25(23)33)20-8-5-4-6-9-20/h4-6,8-9,11-14,16H,7,10,15H2,1-3H3,(H,27,31). The molecular weight excluding hydrogens is 480 g/mol. The largest absolute Gasteiger partial charge is 0.320 e. The molecule has 4 rings (SSSR count). The summed E-state index contributed by atoms with van der Waals surface area (Å²) in [5.74, 6) is -0.428. The summed E-state index contributed by atoms with van der Waals surface area (Å²) >= 11 is 6.66. The number of thiocarbonyl (C=S) groups is 1. The van der Waals surface area contributed by atoms with Crippen LogP contribution in [0.15, 0.2) is 64.3 Å². The fourth-order valence-electron chi connectivity index (χ4n) is 3.82. The monoisotopic (exact) mass is 506 g/mol. The summed E-state index contributed by atoms with van der Waals surface area (Å²) in [6, 6.07) is 17.2. The summed E-state index contributed by atoms with van der Waals surface area (Å²) in [5.41, 5.74) is 3.44. The van der Waals surface area contributed by atoms with Crippen molar-refractivity contribution in [1.29, 1.82) is 0 Å². The zero-order chi connectivity index (χ0) is 25.1. The normalized spacial score (nSPS) is 14.7. The van der Waals surface area contributed by atoms with Crippen LogP contribution in [-0.2, 0) is 16.6 Å². The molecule has 0 spiro atoms. The van der Waals surface area contributed by atoms with Gasteiger partial charge in [0, 0.05) is 20.0 Å². The molecule has 0 radical (unpaired) electrons. The summed E-state index contributed by atoms with van der Waals surface area (Å²) in [6.45, 7) is 4.14. The molecular formula is C26H26N4O3S2. The summed E-state index contributed by atoms with van der Waals surface area (Å²) in [5, 5.41) is 2.76. The lowest BCUT2D eigenvalue weighted by Gasteiger charge is -2.14. The van der Waals surface area contributed by atoms with Gasteiger partial charge in [0.05, 0.1) is 16.3 Å². The SMILES string of the molecule is Cc1ccc(C=C2SC(=S)N(CCCC(=O)Nc3c(C)n(C)n(-c4ccccc4)c3=O)C2=O)cc1. The molecule has 0 aliphatic carbocycles. The number of nitrogens with one attached hydrogen (secondary N) is 1. The van der Waals surface area contributed by atoms with Crippen LogP contribution in [0, 0.1) is 13.8 Å². The number of aromatic nitrogens is 2. The predicted molar refractivity (Wildman–Crippen MR) is 145 cm³/mol. The van der Waals surface area contributed by atoms with Crippen molar-refractivity contribution in [3.05, 3.63) is 86.7 Å². The highest BCUT2D eigenvalue weighted by molar-refractivity contribution is 8.26. The predicted octanol–water partition coefficient (Wildman–Crippen LogP) is 4.41. The highest BCUT2D eigenvalue weighted by Crippen LogP contribution is 2.32. The van der Waals surface area contributed by atoms with Gasteiger partial charge in [-0.1, -0.05) is 72.0 Å². The molecule has 0 unspecified atom stereocenters. The minimum absolute atomic E-state index is 0.148. The Balaban J connectivity index is 1.37. The number of para-hydroxylation sites is 1. The lowest BCUT2D eigenvalue weighted by molar-refractivity contribution is -0.122. The number of amides is 2. The molecule has 1 aromatic heterocycles. The van der Waals surface area contributed by atoms with Gasteiger partial charge in [0.2, 0.25) is 5.91 Å². The van der Waals surface area contributed by atoms with E-state index in [2.05, 4.69) is 5.32 Å². The van der Waals surface area contributed by atoms with E-state index in [4.69, 9.17) is 12.2 Å². The number of thioether (sulfide) groups is 1. The molecule has 1 aliphatic rings. The molecule has 2 amide bonds. The maximum absolute atomic E-state index is 13.0. The van der Waals surface area contributed by atoms with Gasteiger partial charge < -0.3 is 5.32 Å². The van der Waals surface area contributed by atoms with Crippen molar-refractivity contribution in [2.75, 3.05) is 11.9 Å². The van der Waals surface area contributed by atoms with Gasteiger partial charge in [-0.15, -0.1) is 0 Å². The van der Waals surface area contributed by atoms with Crippen LogP contribution >= 0.6 is 24.0 Å². The second kappa shape index (κ2) is 10.5. The van der Waals surface area contributed by atoms with E-state index in [1.165, 1.54) is 21.3 Å². The van der Waals surface area contributed by atoms with E-state index in [1.807, 2.05) is 67.6 Å². The maximum atomic E-state index is 13.0. The van der Waals surface area contributed by atoms with Crippen LogP contribution in [0.25, 0.3) is 11.8 Å². The second-order valence-electron chi connectivity index (χ2n) is 8.33. The Labute approximate surface area is 213 Å². The minimum Gasteiger partial charge on any atom is -0.320 e. The van der Waals surface area contributed by atoms with Crippen LogP contribution in [0.4, 0.5) is 5.69 Å². The molecule has 3 aromatic rings. The Morgan fingerprint density at radius 1 is 1.06 bits per heavy atom. The van der Waals surface area contributed by atoms with Gasteiger partial charge in [-0.3, -0.25) is 24.0 Å². The fourth-order valence-corrected chi connectivity index (χ4v) is 5.13. The van der Waals surface area contributed by atoms with Gasteiger partial charge in [0.1, 0.15) is 10.0 Å². The van der Waals surface area contributed by atoms with Crippen molar-refractivity contribution in [3.63, 3.8) is 0 Å². The molecule has 1 N–H and O–H groups in total. The first-order valence-corrected chi connectivity index (χ1v) is 12.4. The van der Waals surface area contributed by atoms with Crippen LogP contribution < -0.4 is 10.9 Å². The Morgan fingerprint density at radius 3 is 2.43 bits per heavy atom. The number of carbonyl (C=O) groups is 2. The van der Waals surface area contributed by atoms with Gasteiger partial charge in [-0.2, -0.15) is 0 Å². The summed E-state index contributed by atoms with van der Waals surface area (Å²) in [6.07, 6.45) is 2.42. The molecule has 7 nitrogen and oxygen atoms in total. The molecule has 0 atom stereocenters. The van der Waals surface area contributed by atoms with Crippen molar-refractivity contribution in [3.8, 4) is 5.69 Å². The second-order valence-corrected chi connectivity index (χ2v) is 10.0. The van der Waals surface area contributed by atoms with Crippen molar-refractivity contribution in [2.45, 2.75) is 26.7 Å². The molecule has 35 heavy (non-hydrogen) atoms. The first kappa shape index (κ1) is 24.7. The topological polar surface area (TPSA) is 76.3 Å². The summed E-state index contributed by atoms with van der Waals surface area (Å²) in [7, 11) is 1.78. The number of anilines is 1. The number of hydrogen-bond acceptors (Lipinski definition) is 5. The van der Waals surface area contributed by atoms with Crippen LogP contribution in [0.2, 0.25) is 0 Å². The van der Waals surface area contributed by atoms with E-state index in [-0.39, 0.29) is 29.5 Å². The van der Waals surface area contributed by atoms with E-state index >= 15 is 0 Å². The first-order valence-electron chi connectivity index (χ1n) is 11.2. The molecule has 0 saturated carbocycles. The minimum atomic E-state index is -0.289. The van der Waals surface area contributed by atoms with Crippen molar-refractivity contribution in [1.82, 2.24) is 14.3 Å². The lowest BCUT2D eigenvalue weighted by atomic mass is 10.1.